The van der Waals surface area contributed by atoms with Gasteiger partial charge >= 0.3 is 0 Å². The van der Waals surface area contributed by atoms with Crippen LogP contribution in [0.2, 0.25) is 0 Å². The van der Waals surface area contributed by atoms with Crippen LogP contribution in [0.5, 0.6) is 5.75 Å². The third-order valence-electron chi connectivity index (χ3n) is 9.25. The number of carbonyl (C=O) groups excluding carboxylic acids is 2. The normalized spacial score (nSPS) is 15.0. The van der Waals surface area contributed by atoms with Crippen LogP contribution in [-0.4, -0.2) is 66.2 Å². The molecule has 4 rings (SSSR count). The van der Waals surface area contributed by atoms with Gasteiger partial charge in [-0.2, -0.15) is 10.2 Å². The summed E-state index contributed by atoms with van der Waals surface area (Å²) in [5.74, 6) is -0.102. The van der Waals surface area contributed by atoms with Gasteiger partial charge in [-0.3, -0.25) is 14.5 Å². The lowest BCUT2D eigenvalue weighted by molar-refractivity contribution is -0.132. The molecule has 0 bridgehead atoms. The number of amides is 2. The first-order valence-electron chi connectivity index (χ1n) is 17.5. The number of nitrogens with two attached hydrogens (primary N) is 1. The minimum Gasteiger partial charge on any atom is -0.508 e. The van der Waals surface area contributed by atoms with E-state index in [0.29, 0.717) is 42.7 Å². The van der Waals surface area contributed by atoms with Crippen LogP contribution < -0.4 is 16.4 Å². The second-order valence-corrected chi connectivity index (χ2v) is 14.2. The van der Waals surface area contributed by atoms with E-state index in [2.05, 4.69) is 50.9 Å². The summed E-state index contributed by atoms with van der Waals surface area (Å²) < 4.78 is 5.77. The molecule has 2 amide bonds. The number of fused-ring (bicyclic) bond motifs is 1. The van der Waals surface area contributed by atoms with Crippen molar-refractivity contribution in [3.63, 3.8) is 0 Å². The maximum atomic E-state index is 12.7. The Morgan fingerprint density at radius 3 is 2.31 bits per heavy atom. The number of anilines is 1. The lowest BCUT2D eigenvalue weighted by Crippen LogP contribution is -2.42. The van der Waals surface area contributed by atoms with Gasteiger partial charge in [-0.25, -0.2) is 0 Å². The van der Waals surface area contributed by atoms with E-state index >= 15 is 0 Å². The van der Waals surface area contributed by atoms with Gasteiger partial charge in [0.1, 0.15) is 5.75 Å². The molecular weight excluding hydrogens is 616 g/mol. The average Bonchev–Trinajstić information content (AvgIpc) is 3.09. The monoisotopic (exact) mass is 670 g/mol. The molecule has 264 valence electrons. The number of hydrogen-bond acceptors (Lipinski definition) is 8. The van der Waals surface area contributed by atoms with Crippen molar-refractivity contribution < 1.29 is 19.4 Å². The molecule has 3 aromatic carbocycles. The molecule has 49 heavy (non-hydrogen) atoms. The summed E-state index contributed by atoms with van der Waals surface area (Å²) in [5.41, 5.74) is 10.3. The SMILES string of the molecule is CCCN(CCc1ccc(N=Nc2ccc(NC(=O)CNC(=O)C(C)(C)CCOC(C)(C)CN)cc2)cc1)C1CCc2c(O)cccc2C1. The summed E-state index contributed by atoms with van der Waals surface area (Å²) in [7, 11) is 0. The highest BCUT2D eigenvalue weighted by molar-refractivity contribution is 5.95. The van der Waals surface area contributed by atoms with Gasteiger partial charge in [0.15, 0.2) is 0 Å². The smallest absolute Gasteiger partial charge is 0.243 e. The molecule has 0 radical (unpaired) electrons. The van der Waals surface area contributed by atoms with Gasteiger partial charge in [0.25, 0.3) is 0 Å². The first kappa shape index (κ1) is 37.7. The Bertz CT molecular complexity index is 1550. The van der Waals surface area contributed by atoms with Crippen LogP contribution in [-0.2, 0) is 33.6 Å². The van der Waals surface area contributed by atoms with Crippen LogP contribution in [0, 0.1) is 5.41 Å². The number of nitrogens with zero attached hydrogens (tertiary/aromatic N) is 3. The number of ether oxygens (including phenoxy) is 1. The molecule has 0 saturated heterocycles. The number of rotatable bonds is 17. The molecule has 5 N–H and O–H groups in total. The number of aromatic hydroxyl groups is 1. The van der Waals surface area contributed by atoms with E-state index in [4.69, 9.17) is 10.5 Å². The van der Waals surface area contributed by atoms with Crippen molar-refractivity contribution in [3.05, 3.63) is 83.4 Å². The van der Waals surface area contributed by atoms with Gasteiger partial charge in [0, 0.05) is 36.8 Å². The Hall–Kier alpha value is -4.12. The van der Waals surface area contributed by atoms with E-state index in [0.717, 1.165) is 56.4 Å². The molecule has 1 aliphatic carbocycles. The zero-order valence-electron chi connectivity index (χ0n) is 29.8. The number of carbonyl (C=O) groups is 2. The second-order valence-electron chi connectivity index (χ2n) is 14.2. The topological polar surface area (TPSA) is 142 Å². The summed E-state index contributed by atoms with van der Waals surface area (Å²) >= 11 is 0. The van der Waals surface area contributed by atoms with Gasteiger partial charge in [-0.15, -0.1) is 0 Å². The molecule has 0 heterocycles. The number of phenolic OH excluding ortho intramolecular Hbond substituents is 1. The second kappa shape index (κ2) is 17.5. The van der Waals surface area contributed by atoms with Crippen LogP contribution in [0.25, 0.3) is 0 Å². The summed E-state index contributed by atoms with van der Waals surface area (Å²) in [6.45, 7) is 12.4. The van der Waals surface area contributed by atoms with Crippen molar-refractivity contribution in [2.75, 3.05) is 38.1 Å². The molecule has 1 atom stereocenters. The van der Waals surface area contributed by atoms with Crippen molar-refractivity contribution >= 4 is 28.9 Å². The first-order valence-corrected chi connectivity index (χ1v) is 17.5. The van der Waals surface area contributed by atoms with E-state index in [1.165, 1.54) is 11.1 Å². The van der Waals surface area contributed by atoms with Gasteiger partial charge < -0.3 is 26.2 Å². The summed E-state index contributed by atoms with van der Waals surface area (Å²) in [5, 5.41) is 24.5. The zero-order valence-corrected chi connectivity index (χ0v) is 29.8. The lowest BCUT2D eigenvalue weighted by Gasteiger charge is -2.35. The molecular formula is C39H54N6O4. The lowest BCUT2D eigenvalue weighted by atomic mass is 9.86. The molecule has 0 aliphatic heterocycles. The molecule has 1 aliphatic rings. The predicted octanol–water partition coefficient (Wildman–Crippen LogP) is 6.84. The molecule has 3 aromatic rings. The fourth-order valence-corrected chi connectivity index (χ4v) is 5.93. The Morgan fingerprint density at radius 1 is 0.980 bits per heavy atom. The highest BCUT2D eigenvalue weighted by atomic mass is 16.5. The maximum absolute atomic E-state index is 12.7. The minimum atomic E-state index is -0.691. The van der Waals surface area contributed by atoms with E-state index in [1.54, 1.807) is 30.3 Å². The van der Waals surface area contributed by atoms with E-state index in [-0.39, 0.29) is 18.4 Å². The molecule has 10 heteroatoms. The zero-order chi connectivity index (χ0) is 35.4. The fourth-order valence-electron chi connectivity index (χ4n) is 5.93. The van der Waals surface area contributed by atoms with Crippen LogP contribution in [0.3, 0.4) is 0 Å². The van der Waals surface area contributed by atoms with Crippen molar-refractivity contribution in [2.45, 2.75) is 84.8 Å². The Kier molecular flexibility index (Phi) is 13.5. The number of azo groups is 1. The summed E-state index contributed by atoms with van der Waals surface area (Å²) in [4.78, 5) is 27.8. The maximum Gasteiger partial charge on any atom is 0.243 e. The largest absolute Gasteiger partial charge is 0.508 e. The fraction of sp³-hybridized carbons (Fsp3) is 0.487. The summed E-state index contributed by atoms with van der Waals surface area (Å²) in [6, 6.07) is 21.7. The third-order valence-corrected chi connectivity index (χ3v) is 9.25. The number of hydrogen-bond donors (Lipinski definition) is 4. The van der Waals surface area contributed by atoms with Gasteiger partial charge in [-0.1, -0.05) is 45.0 Å². The van der Waals surface area contributed by atoms with Crippen molar-refractivity contribution in [1.29, 1.82) is 0 Å². The Labute approximate surface area is 291 Å². The number of nitrogens with one attached hydrogen (secondary N) is 2. The number of benzene rings is 3. The molecule has 0 fully saturated rings. The Balaban J connectivity index is 1.21. The molecule has 0 aromatic heterocycles. The van der Waals surface area contributed by atoms with E-state index in [9.17, 15) is 14.7 Å². The standard InChI is InChI=1S/C39H54N6O4/c1-6-22-45(33-18-19-34-29(25-33)8-7-9-35(34)46)23-20-28-10-12-31(13-11-28)43-44-32-16-14-30(15-17-32)42-36(47)26-41-37(48)38(2,3)21-24-49-39(4,5)27-40/h7-17,33,46H,6,18-27,40H2,1-5H3,(H,41,48)(H,42,47). The minimum absolute atomic E-state index is 0.133. The third kappa shape index (κ3) is 11.5. The van der Waals surface area contributed by atoms with Crippen LogP contribution in [0.1, 0.15) is 70.6 Å². The van der Waals surface area contributed by atoms with Crippen molar-refractivity contribution in [2.24, 2.45) is 21.4 Å². The van der Waals surface area contributed by atoms with Crippen LogP contribution >= 0.6 is 0 Å². The molecule has 0 spiro atoms. The van der Waals surface area contributed by atoms with Crippen LogP contribution in [0.4, 0.5) is 17.1 Å². The Morgan fingerprint density at radius 2 is 1.65 bits per heavy atom. The average molecular weight is 671 g/mol. The number of phenols is 1. The molecule has 1 unspecified atom stereocenters. The molecule has 10 nitrogen and oxygen atoms in total. The van der Waals surface area contributed by atoms with Gasteiger partial charge in [-0.05, 0) is 118 Å². The van der Waals surface area contributed by atoms with Gasteiger partial charge in [0.2, 0.25) is 11.8 Å². The van der Waals surface area contributed by atoms with Gasteiger partial charge in [0.05, 0.1) is 23.5 Å². The van der Waals surface area contributed by atoms with E-state index in [1.807, 2.05) is 45.9 Å². The highest BCUT2D eigenvalue weighted by Crippen LogP contribution is 2.31. The predicted molar refractivity (Wildman–Crippen MR) is 196 cm³/mol. The quantitative estimate of drug-likeness (QED) is 0.116. The van der Waals surface area contributed by atoms with Crippen LogP contribution in [0.15, 0.2) is 77.0 Å². The highest BCUT2D eigenvalue weighted by Gasteiger charge is 2.29. The summed E-state index contributed by atoms with van der Waals surface area (Å²) in [6.07, 6.45) is 5.55. The molecule has 0 saturated carbocycles. The van der Waals surface area contributed by atoms with Crippen molar-refractivity contribution in [3.8, 4) is 5.75 Å². The van der Waals surface area contributed by atoms with E-state index < -0.39 is 11.0 Å². The van der Waals surface area contributed by atoms with Crippen molar-refractivity contribution in [1.82, 2.24) is 10.2 Å². The first-order chi connectivity index (χ1) is 23.4.